The van der Waals surface area contributed by atoms with E-state index in [0.717, 1.165) is 12.8 Å². The number of ether oxygens (including phenoxy) is 2. The summed E-state index contributed by atoms with van der Waals surface area (Å²) < 4.78 is 11.0. The molecule has 0 aliphatic heterocycles. The lowest BCUT2D eigenvalue weighted by molar-refractivity contribution is -0.156. The predicted octanol–water partition coefficient (Wildman–Crippen LogP) is 2.92. The summed E-state index contributed by atoms with van der Waals surface area (Å²) in [4.78, 5) is 11.7. The van der Waals surface area contributed by atoms with Crippen molar-refractivity contribution in [3.63, 3.8) is 0 Å². The van der Waals surface area contributed by atoms with Gasteiger partial charge in [0, 0.05) is 0 Å². The van der Waals surface area contributed by atoms with Crippen LogP contribution in [0.1, 0.15) is 53.4 Å². The molecule has 1 atom stereocenters. The molecule has 0 N–H and O–H groups in total. The summed E-state index contributed by atoms with van der Waals surface area (Å²) in [7, 11) is 0. The Kier molecular flexibility index (Phi) is 4.78. The van der Waals surface area contributed by atoms with E-state index in [-0.39, 0.29) is 23.6 Å². The van der Waals surface area contributed by atoms with E-state index in [2.05, 4.69) is 0 Å². The summed E-state index contributed by atoms with van der Waals surface area (Å²) in [6, 6.07) is 0. The van der Waals surface area contributed by atoms with E-state index in [4.69, 9.17) is 9.47 Å². The Morgan fingerprint density at radius 3 is 2.38 bits per heavy atom. The maximum atomic E-state index is 11.7. The standard InChI is InChI=1S/C13H24O3/c1-10(9-15-13(2,3)4)12(14)16-11-7-5-6-8-11/h10-11H,5-9H2,1-4H3/t10-/m0/s1. The zero-order valence-electron chi connectivity index (χ0n) is 10.9. The molecule has 1 aliphatic rings. The van der Waals surface area contributed by atoms with Gasteiger partial charge in [-0.2, -0.15) is 0 Å². The van der Waals surface area contributed by atoms with Crippen LogP contribution in [-0.4, -0.2) is 24.3 Å². The zero-order valence-corrected chi connectivity index (χ0v) is 10.9. The van der Waals surface area contributed by atoms with Crippen LogP contribution in [0.15, 0.2) is 0 Å². The summed E-state index contributed by atoms with van der Waals surface area (Å²) in [5.74, 6) is -0.282. The highest BCUT2D eigenvalue weighted by Gasteiger charge is 2.24. The van der Waals surface area contributed by atoms with Crippen LogP contribution in [0.2, 0.25) is 0 Å². The molecule has 0 radical (unpaired) electrons. The lowest BCUT2D eigenvalue weighted by atomic mass is 10.1. The summed E-state index contributed by atoms with van der Waals surface area (Å²) in [5, 5.41) is 0. The van der Waals surface area contributed by atoms with Crippen molar-refractivity contribution in [3.8, 4) is 0 Å². The number of carbonyl (C=O) groups excluding carboxylic acids is 1. The first-order chi connectivity index (χ1) is 7.38. The van der Waals surface area contributed by atoms with Crippen LogP contribution in [0, 0.1) is 5.92 Å². The molecular weight excluding hydrogens is 204 g/mol. The van der Waals surface area contributed by atoms with Crippen molar-refractivity contribution in [3.05, 3.63) is 0 Å². The maximum absolute atomic E-state index is 11.7. The topological polar surface area (TPSA) is 35.5 Å². The van der Waals surface area contributed by atoms with E-state index in [0.29, 0.717) is 6.61 Å². The van der Waals surface area contributed by atoms with E-state index in [1.165, 1.54) is 12.8 Å². The van der Waals surface area contributed by atoms with Gasteiger partial charge in [-0.25, -0.2) is 0 Å². The highest BCUT2D eigenvalue weighted by atomic mass is 16.5. The van der Waals surface area contributed by atoms with Gasteiger partial charge in [0.1, 0.15) is 6.10 Å². The molecule has 0 aromatic heterocycles. The molecular formula is C13H24O3. The summed E-state index contributed by atoms with van der Waals surface area (Å²) in [6.07, 6.45) is 4.58. The Bertz CT molecular complexity index is 224. The third-order valence-electron chi connectivity index (χ3n) is 2.75. The fourth-order valence-electron chi connectivity index (χ4n) is 1.73. The third-order valence-corrected chi connectivity index (χ3v) is 2.75. The molecule has 1 saturated carbocycles. The van der Waals surface area contributed by atoms with Gasteiger partial charge in [0.15, 0.2) is 0 Å². The van der Waals surface area contributed by atoms with Crippen LogP contribution >= 0.6 is 0 Å². The first-order valence-electron chi connectivity index (χ1n) is 6.23. The smallest absolute Gasteiger partial charge is 0.311 e. The molecule has 0 bridgehead atoms. The zero-order chi connectivity index (χ0) is 12.2. The molecule has 0 amide bonds. The molecule has 94 valence electrons. The van der Waals surface area contributed by atoms with Crippen molar-refractivity contribution >= 4 is 5.97 Å². The number of esters is 1. The first kappa shape index (κ1) is 13.5. The number of rotatable bonds is 4. The number of hydrogen-bond acceptors (Lipinski definition) is 3. The van der Waals surface area contributed by atoms with E-state index >= 15 is 0 Å². The highest BCUT2D eigenvalue weighted by Crippen LogP contribution is 2.22. The van der Waals surface area contributed by atoms with Gasteiger partial charge in [-0.05, 0) is 53.4 Å². The van der Waals surface area contributed by atoms with Crippen molar-refractivity contribution in [1.29, 1.82) is 0 Å². The molecule has 0 aromatic rings. The highest BCUT2D eigenvalue weighted by molar-refractivity contribution is 5.72. The minimum atomic E-state index is -0.193. The van der Waals surface area contributed by atoms with Crippen LogP contribution in [0.3, 0.4) is 0 Å². The van der Waals surface area contributed by atoms with Gasteiger partial charge in [-0.1, -0.05) is 0 Å². The number of carbonyl (C=O) groups is 1. The van der Waals surface area contributed by atoms with Crippen LogP contribution < -0.4 is 0 Å². The normalized spacial score (nSPS) is 19.8. The summed E-state index contributed by atoms with van der Waals surface area (Å²) in [5.41, 5.74) is -0.193. The molecule has 0 heterocycles. The van der Waals surface area contributed by atoms with Gasteiger partial charge in [0.05, 0.1) is 18.1 Å². The Morgan fingerprint density at radius 2 is 1.88 bits per heavy atom. The molecule has 16 heavy (non-hydrogen) atoms. The molecule has 3 nitrogen and oxygen atoms in total. The van der Waals surface area contributed by atoms with Crippen molar-refractivity contribution in [2.24, 2.45) is 5.92 Å². The fraction of sp³-hybridized carbons (Fsp3) is 0.923. The Morgan fingerprint density at radius 1 is 1.31 bits per heavy atom. The van der Waals surface area contributed by atoms with Crippen molar-refractivity contribution in [2.45, 2.75) is 65.1 Å². The first-order valence-corrected chi connectivity index (χ1v) is 6.23. The predicted molar refractivity (Wildman–Crippen MR) is 63.2 cm³/mol. The molecule has 1 aliphatic carbocycles. The van der Waals surface area contributed by atoms with Gasteiger partial charge >= 0.3 is 5.97 Å². The minimum absolute atomic E-state index is 0.115. The SMILES string of the molecule is C[C@@H](COC(C)(C)C)C(=O)OC1CCCC1. The van der Waals surface area contributed by atoms with Gasteiger partial charge < -0.3 is 9.47 Å². The van der Waals surface area contributed by atoms with Crippen LogP contribution in [0.4, 0.5) is 0 Å². The second-order valence-corrected chi connectivity index (χ2v) is 5.67. The van der Waals surface area contributed by atoms with Crippen molar-refractivity contribution < 1.29 is 14.3 Å². The van der Waals surface area contributed by atoms with Crippen LogP contribution in [0.25, 0.3) is 0 Å². The largest absolute Gasteiger partial charge is 0.462 e. The maximum Gasteiger partial charge on any atom is 0.311 e. The monoisotopic (exact) mass is 228 g/mol. The van der Waals surface area contributed by atoms with E-state index in [1.807, 2.05) is 27.7 Å². The molecule has 0 spiro atoms. The Balaban J connectivity index is 2.24. The fourth-order valence-corrected chi connectivity index (χ4v) is 1.73. The Labute approximate surface area is 98.5 Å². The third kappa shape index (κ3) is 4.97. The molecule has 3 heteroatoms. The van der Waals surface area contributed by atoms with E-state index in [1.54, 1.807) is 0 Å². The summed E-state index contributed by atoms with van der Waals surface area (Å²) in [6.45, 7) is 8.27. The quantitative estimate of drug-likeness (QED) is 0.694. The van der Waals surface area contributed by atoms with E-state index < -0.39 is 0 Å². The van der Waals surface area contributed by atoms with Crippen molar-refractivity contribution in [1.82, 2.24) is 0 Å². The minimum Gasteiger partial charge on any atom is -0.462 e. The lowest BCUT2D eigenvalue weighted by Crippen LogP contribution is -2.28. The van der Waals surface area contributed by atoms with Gasteiger partial charge in [0.2, 0.25) is 0 Å². The second-order valence-electron chi connectivity index (χ2n) is 5.67. The van der Waals surface area contributed by atoms with Crippen molar-refractivity contribution in [2.75, 3.05) is 6.61 Å². The average Bonchev–Trinajstić information content (AvgIpc) is 2.65. The average molecular weight is 228 g/mol. The van der Waals surface area contributed by atoms with Crippen LogP contribution in [0.5, 0.6) is 0 Å². The summed E-state index contributed by atoms with van der Waals surface area (Å²) >= 11 is 0. The van der Waals surface area contributed by atoms with Gasteiger partial charge in [0.25, 0.3) is 0 Å². The molecule has 0 aromatic carbocycles. The number of hydrogen-bond donors (Lipinski definition) is 0. The van der Waals surface area contributed by atoms with Gasteiger partial charge in [-0.15, -0.1) is 0 Å². The van der Waals surface area contributed by atoms with E-state index in [9.17, 15) is 4.79 Å². The van der Waals surface area contributed by atoms with Gasteiger partial charge in [-0.3, -0.25) is 4.79 Å². The second kappa shape index (κ2) is 5.67. The molecule has 1 fully saturated rings. The van der Waals surface area contributed by atoms with Crippen LogP contribution in [-0.2, 0) is 14.3 Å². The lowest BCUT2D eigenvalue weighted by Gasteiger charge is -2.22. The molecule has 0 unspecified atom stereocenters. The molecule has 1 rings (SSSR count). The molecule has 0 saturated heterocycles. The Hall–Kier alpha value is -0.570.